The molecule has 0 spiro atoms. The van der Waals surface area contributed by atoms with Crippen LogP contribution in [0.5, 0.6) is 5.75 Å². The number of hydrogen-bond donors (Lipinski definition) is 1. The first-order valence-electron chi connectivity index (χ1n) is 5.40. The highest BCUT2D eigenvalue weighted by molar-refractivity contribution is 6.06. The van der Waals surface area contributed by atoms with Crippen molar-refractivity contribution in [2.75, 3.05) is 5.32 Å². The Kier molecular flexibility index (Phi) is 3.42. The number of nitrogens with zero attached hydrogens (tertiary/aromatic N) is 1. The van der Waals surface area contributed by atoms with Crippen molar-refractivity contribution in [3.8, 4) is 5.75 Å². The molecule has 6 nitrogen and oxygen atoms in total. The minimum absolute atomic E-state index is 0.0286. The standard InChI is InChI=1S/C13H10N2O4/c16-12-4-2-1-3-11(12)13(17)14-9-5-7-10(8-6-9)15(18)19/h1-8,16H,(H,14,17)/p-1. The van der Waals surface area contributed by atoms with Crippen LogP contribution in [0.2, 0.25) is 0 Å². The number of nitro benzene ring substituents is 1. The van der Waals surface area contributed by atoms with Gasteiger partial charge in [-0.1, -0.05) is 30.0 Å². The van der Waals surface area contributed by atoms with Crippen molar-refractivity contribution in [3.63, 3.8) is 0 Å². The van der Waals surface area contributed by atoms with Crippen LogP contribution in [-0.2, 0) is 0 Å². The van der Waals surface area contributed by atoms with Gasteiger partial charge >= 0.3 is 0 Å². The molecule has 0 atom stereocenters. The molecule has 0 aliphatic rings. The fraction of sp³-hybridized carbons (Fsp3) is 0. The molecule has 0 fully saturated rings. The predicted octanol–water partition coefficient (Wildman–Crippen LogP) is 1.92. The molecule has 1 N–H and O–H groups in total. The lowest BCUT2D eigenvalue weighted by atomic mass is 10.2. The molecule has 0 radical (unpaired) electrons. The average molecular weight is 257 g/mol. The van der Waals surface area contributed by atoms with E-state index in [1.54, 1.807) is 12.1 Å². The van der Waals surface area contributed by atoms with Gasteiger partial charge in [0.05, 0.1) is 4.92 Å². The summed E-state index contributed by atoms with van der Waals surface area (Å²) in [5, 5.41) is 24.4. The zero-order valence-electron chi connectivity index (χ0n) is 9.70. The summed E-state index contributed by atoms with van der Waals surface area (Å²) in [7, 11) is 0. The van der Waals surface area contributed by atoms with E-state index in [1.165, 1.54) is 36.4 Å². The lowest BCUT2D eigenvalue weighted by Crippen LogP contribution is -2.14. The molecule has 0 heterocycles. The van der Waals surface area contributed by atoms with Crippen LogP contribution in [-0.4, -0.2) is 10.8 Å². The van der Waals surface area contributed by atoms with Crippen LogP contribution < -0.4 is 10.4 Å². The summed E-state index contributed by atoms with van der Waals surface area (Å²) >= 11 is 0. The molecule has 2 rings (SSSR count). The van der Waals surface area contributed by atoms with Crippen LogP contribution in [0.15, 0.2) is 48.5 Å². The Morgan fingerprint density at radius 2 is 1.68 bits per heavy atom. The fourth-order valence-corrected chi connectivity index (χ4v) is 1.52. The Balaban J connectivity index is 2.15. The number of carbonyl (C=O) groups is 1. The molecule has 6 heteroatoms. The van der Waals surface area contributed by atoms with Gasteiger partial charge in [-0.3, -0.25) is 14.9 Å². The molecule has 0 bridgehead atoms. The Morgan fingerprint density at radius 3 is 2.26 bits per heavy atom. The van der Waals surface area contributed by atoms with E-state index in [1.807, 2.05) is 0 Å². The van der Waals surface area contributed by atoms with Crippen LogP contribution >= 0.6 is 0 Å². The van der Waals surface area contributed by atoms with Gasteiger partial charge in [0.15, 0.2) is 0 Å². The number of nitrogens with one attached hydrogen (secondary N) is 1. The van der Waals surface area contributed by atoms with Gasteiger partial charge in [-0.15, -0.1) is 0 Å². The number of carbonyl (C=O) groups excluding carboxylic acids is 1. The van der Waals surface area contributed by atoms with Crippen molar-refractivity contribution in [3.05, 3.63) is 64.2 Å². The van der Waals surface area contributed by atoms with Crippen molar-refractivity contribution in [1.82, 2.24) is 0 Å². The van der Waals surface area contributed by atoms with E-state index >= 15 is 0 Å². The first kappa shape index (κ1) is 12.6. The summed E-state index contributed by atoms with van der Waals surface area (Å²) in [6.45, 7) is 0. The van der Waals surface area contributed by atoms with Crippen LogP contribution in [0.25, 0.3) is 0 Å². The number of anilines is 1. The van der Waals surface area contributed by atoms with Crippen LogP contribution in [0.4, 0.5) is 11.4 Å². The van der Waals surface area contributed by atoms with Gasteiger partial charge in [0.1, 0.15) is 0 Å². The van der Waals surface area contributed by atoms with Crippen molar-refractivity contribution in [2.24, 2.45) is 0 Å². The average Bonchev–Trinajstić information content (AvgIpc) is 2.39. The monoisotopic (exact) mass is 257 g/mol. The summed E-state index contributed by atoms with van der Waals surface area (Å²) in [4.78, 5) is 21.8. The Bertz CT molecular complexity index is 623. The van der Waals surface area contributed by atoms with E-state index in [-0.39, 0.29) is 17.0 Å². The van der Waals surface area contributed by atoms with E-state index in [0.717, 1.165) is 0 Å². The molecule has 1 amide bonds. The van der Waals surface area contributed by atoms with Gasteiger partial charge in [0.2, 0.25) is 0 Å². The maximum atomic E-state index is 11.8. The zero-order chi connectivity index (χ0) is 13.8. The summed E-state index contributed by atoms with van der Waals surface area (Å²) in [5.41, 5.74) is 0.349. The fourth-order valence-electron chi connectivity index (χ4n) is 1.52. The summed E-state index contributed by atoms with van der Waals surface area (Å²) in [5.74, 6) is -0.915. The number of amides is 1. The molecule has 2 aromatic rings. The molecule has 2 aromatic carbocycles. The third kappa shape index (κ3) is 2.86. The van der Waals surface area contributed by atoms with Crippen LogP contribution in [0, 0.1) is 10.1 Å². The number of non-ortho nitro benzene ring substituents is 1. The summed E-state index contributed by atoms with van der Waals surface area (Å²) in [6.07, 6.45) is 0. The van der Waals surface area contributed by atoms with Crippen molar-refractivity contribution in [2.45, 2.75) is 0 Å². The van der Waals surface area contributed by atoms with Crippen LogP contribution in [0.3, 0.4) is 0 Å². The van der Waals surface area contributed by atoms with Gasteiger partial charge in [0, 0.05) is 23.4 Å². The Morgan fingerprint density at radius 1 is 1.05 bits per heavy atom. The number of hydrogen-bond acceptors (Lipinski definition) is 4. The summed E-state index contributed by atoms with van der Waals surface area (Å²) in [6, 6.07) is 11.2. The second-order valence-corrected chi connectivity index (χ2v) is 3.75. The maximum Gasteiger partial charge on any atom is 0.269 e. The molecular weight excluding hydrogens is 248 g/mol. The second-order valence-electron chi connectivity index (χ2n) is 3.75. The van der Waals surface area contributed by atoms with E-state index in [9.17, 15) is 20.0 Å². The van der Waals surface area contributed by atoms with Crippen LogP contribution in [0.1, 0.15) is 10.4 Å². The van der Waals surface area contributed by atoms with Crippen molar-refractivity contribution >= 4 is 17.3 Å². The predicted molar refractivity (Wildman–Crippen MR) is 66.9 cm³/mol. The molecule has 0 aliphatic heterocycles. The number of nitro groups is 1. The topological polar surface area (TPSA) is 95.3 Å². The molecule has 0 aromatic heterocycles. The number of rotatable bonds is 3. The lowest BCUT2D eigenvalue weighted by Gasteiger charge is -2.12. The van der Waals surface area contributed by atoms with Crippen molar-refractivity contribution < 1.29 is 14.8 Å². The SMILES string of the molecule is O=C(Nc1ccc([N+](=O)[O-])cc1)c1ccccc1[O-]. The molecule has 0 aliphatic carbocycles. The quantitative estimate of drug-likeness (QED) is 0.671. The first-order chi connectivity index (χ1) is 9.08. The van der Waals surface area contributed by atoms with Gasteiger partial charge < -0.3 is 10.4 Å². The zero-order valence-corrected chi connectivity index (χ0v) is 9.70. The van der Waals surface area contributed by atoms with E-state index in [4.69, 9.17) is 0 Å². The lowest BCUT2D eigenvalue weighted by molar-refractivity contribution is -0.384. The minimum Gasteiger partial charge on any atom is -0.872 e. The third-order valence-corrected chi connectivity index (χ3v) is 2.47. The molecular formula is C13H9N2O4-. The second kappa shape index (κ2) is 5.18. The van der Waals surface area contributed by atoms with Gasteiger partial charge in [-0.05, 0) is 12.1 Å². The van der Waals surface area contributed by atoms with E-state index in [2.05, 4.69) is 5.32 Å². The van der Waals surface area contributed by atoms with Gasteiger partial charge in [0.25, 0.3) is 11.6 Å². The smallest absolute Gasteiger partial charge is 0.269 e. The maximum absolute atomic E-state index is 11.8. The largest absolute Gasteiger partial charge is 0.872 e. The van der Waals surface area contributed by atoms with Crippen molar-refractivity contribution in [1.29, 1.82) is 0 Å². The summed E-state index contributed by atoms with van der Waals surface area (Å²) < 4.78 is 0. The minimum atomic E-state index is -0.542. The highest BCUT2D eigenvalue weighted by atomic mass is 16.6. The normalized spacial score (nSPS) is 9.89. The molecule has 0 unspecified atom stereocenters. The van der Waals surface area contributed by atoms with Gasteiger partial charge in [-0.2, -0.15) is 0 Å². The molecule has 0 saturated carbocycles. The number of benzene rings is 2. The molecule has 96 valence electrons. The third-order valence-electron chi connectivity index (χ3n) is 2.47. The van der Waals surface area contributed by atoms with E-state index < -0.39 is 10.8 Å². The first-order valence-corrected chi connectivity index (χ1v) is 5.40. The van der Waals surface area contributed by atoms with E-state index in [0.29, 0.717) is 5.69 Å². The highest BCUT2D eigenvalue weighted by Gasteiger charge is 2.08. The molecule has 19 heavy (non-hydrogen) atoms. The Labute approximate surface area is 108 Å². The number of para-hydroxylation sites is 1. The molecule has 0 saturated heterocycles. The highest BCUT2D eigenvalue weighted by Crippen LogP contribution is 2.18. The Hall–Kier alpha value is -2.89. The van der Waals surface area contributed by atoms with Gasteiger partial charge in [-0.25, -0.2) is 0 Å².